The molecular formula is C38H38F3N7O14. The van der Waals surface area contributed by atoms with Crippen molar-refractivity contribution in [1.82, 2.24) is 24.6 Å². The van der Waals surface area contributed by atoms with Crippen molar-refractivity contribution >= 4 is 64.3 Å². The summed E-state index contributed by atoms with van der Waals surface area (Å²) in [5.41, 5.74) is 7.79. The number of aliphatic carboxylic acids is 6. The highest BCUT2D eigenvalue weighted by molar-refractivity contribution is 6.05. The van der Waals surface area contributed by atoms with Crippen LogP contribution in [0.5, 0.6) is 5.75 Å². The lowest BCUT2D eigenvalue weighted by molar-refractivity contribution is -0.138. The molecule has 4 aromatic rings. The molecule has 0 bridgehead atoms. The molecule has 9 N–H and O–H groups in total. The Balaban J connectivity index is 0.000000449. The van der Waals surface area contributed by atoms with E-state index in [4.69, 9.17) is 46.2 Å². The number of nitrogens with one attached hydrogen (secondary N) is 1. The Morgan fingerprint density at radius 2 is 1.23 bits per heavy atom. The molecule has 5 rings (SSSR count). The summed E-state index contributed by atoms with van der Waals surface area (Å²) in [5.74, 6) is -7.46. The van der Waals surface area contributed by atoms with Crippen LogP contribution in [-0.2, 0) is 34.9 Å². The number of benzene rings is 2. The van der Waals surface area contributed by atoms with Crippen LogP contribution >= 0.6 is 0 Å². The second kappa shape index (κ2) is 23.4. The average Bonchev–Trinajstić information content (AvgIpc) is 3.60. The minimum absolute atomic E-state index is 0.0805. The third-order valence-electron chi connectivity index (χ3n) is 7.86. The Morgan fingerprint density at radius 3 is 1.65 bits per heavy atom. The highest BCUT2D eigenvalue weighted by Gasteiger charge is 2.30. The van der Waals surface area contributed by atoms with E-state index in [0.29, 0.717) is 76.0 Å². The fourth-order valence-electron chi connectivity index (χ4n) is 5.07. The molecule has 62 heavy (non-hydrogen) atoms. The van der Waals surface area contributed by atoms with Crippen molar-refractivity contribution in [2.24, 2.45) is 0 Å². The topological polar surface area (TPSA) is 335 Å². The van der Waals surface area contributed by atoms with Gasteiger partial charge in [-0.2, -0.15) is 18.3 Å². The largest absolute Gasteiger partial charge is 0.495 e. The maximum atomic E-state index is 12.8. The van der Waals surface area contributed by atoms with Crippen molar-refractivity contribution in [3.8, 4) is 17.0 Å². The van der Waals surface area contributed by atoms with Crippen molar-refractivity contribution < 1.29 is 82.1 Å². The number of anilines is 2. The number of nitrogens with zero attached hydrogens (tertiary/aromatic N) is 5. The number of hydrogen-bond acceptors (Lipinski definition) is 13. The number of likely N-dealkylation sites (tertiary alicyclic amines) is 1. The van der Waals surface area contributed by atoms with Crippen molar-refractivity contribution in [2.45, 2.75) is 25.1 Å². The number of nitrogen functional groups attached to an aromatic ring is 1. The highest BCUT2D eigenvalue weighted by Crippen LogP contribution is 2.37. The van der Waals surface area contributed by atoms with Crippen LogP contribution in [0.2, 0.25) is 0 Å². The number of carbonyl (C=O) groups excluding carboxylic acids is 1. The molecule has 1 aliphatic rings. The lowest BCUT2D eigenvalue weighted by Crippen LogP contribution is -2.31. The van der Waals surface area contributed by atoms with Gasteiger partial charge in [-0.25, -0.2) is 43.4 Å². The van der Waals surface area contributed by atoms with Gasteiger partial charge < -0.3 is 51.3 Å². The molecule has 21 nitrogen and oxygen atoms in total. The van der Waals surface area contributed by atoms with Gasteiger partial charge in [0.1, 0.15) is 23.6 Å². The number of piperidine rings is 1. The smallest absolute Gasteiger partial charge is 0.416 e. The van der Waals surface area contributed by atoms with E-state index in [9.17, 15) is 46.7 Å². The number of nitrogens with two attached hydrogens (primary N) is 1. The summed E-state index contributed by atoms with van der Waals surface area (Å²) >= 11 is 0. The van der Waals surface area contributed by atoms with Crippen LogP contribution in [0, 0.1) is 0 Å². The third-order valence-corrected chi connectivity index (χ3v) is 7.86. The molecule has 2 aromatic heterocycles. The van der Waals surface area contributed by atoms with E-state index in [-0.39, 0.29) is 11.6 Å². The van der Waals surface area contributed by atoms with Gasteiger partial charge in [0.25, 0.3) is 5.91 Å². The number of alkyl halides is 3. The monoisotopic (exact) mass is 873 g/mol. The number of carboxylic acid groups (broad SMARTS) is 6. The van der Waals surface area contributed by atoms with Crippen LogP contribution in [0.1, 0.15) is 34.8 Å². The number of aromatic nitrogens is 4. The molecule has 0 saturated carbocycles. The van der Waals surface area contributed by atoms with Crippen LogP contribution in [0.25, 0.3) is 22.3 Å². The minimum Gasteiger partial charge on any atom is -0.495 e. The Kier molecular flexibility index (Phi) is 18.9. The molecule has 2 aromatic carbocycles. The van der Waals surface area contributed by atoms with E-state index >= 15 is 0 Å². The zero-order valence-corrected chi connectivity index (χ0v) is 32.4. The summed E-state index contributed by atoms with van der Waals surface area (Å²) in [6.07, 6.45) is 2.14. The van der Waals surface area contributed by atoms with Gasteiger partial charge in [-0.15, -0.1) is 0 Å². The predicted octanol–water partition coefficient (Wildman–Crippen LogP) is 3.76. The van der Waals surface area contributed by atoms with Crippen LogP contribution in [0.15, 0.2) is 85.2 Å². The number of methoxy groups -OCH3 is 1. The van der Waals surface area contributed by atoms with Gasteiger partial charge in [0, 0.05) is 47.6 Å². The molecule has 0 radical (unpaired) electrons. The highest BCUT2D eigenvalue weighted by atomic mass is 19.4. The molecular weight excluding hydrogens is 835 g/mol. The minimum atomic E-state index is -4.48. The normalized spacial score (nSPS) is 12.9. The molecule has 3 heterocycles. The fraction of sp³-hybridized carbons (Fsp3) is 0.211. The summed E-state index contributed by atoms with van der Waals surface area (Å²) in [7, 11) is 3.55. The number of fused-ring (bicyclic) bond motifs is 1. The molecule has 1 amide bonds. The first-order valence-corrected chi connectivity index (χ1v) is 17.3. The van der Waals surface area contributed by atoms with Crippen molar-refractivity contribution in [1.29, 1.82) is 0 Å². The molecule has 1 saturated heterocycles. The maximum Gasteiger partial charge on any atom is 0.416 e. The SMILES string of the molecule is COc1cc(-c2nn(C3CCN(C)CC3)c3ncnc(N)c23)ccc1NC(=O)c1ccc(C(F)(F)F)cc1.O=C(O)/C=C\C(=O)O.O=C(O)/C=C\C(=O)O.O=C(O)/C=C\C(=O)O. The molecule has 0 unspecified atom stereocenters. The van der Waals surface area contributed by atoms with Crippen molar-refractivity contribution in [2.75, 3.05) is 38.3 Å². The number of carboxylic acids is 6. The summed E-state index contributed by atoms with van der Waals surface area (Å²) < 4.78 is 46.0. The Hall–Kier alpha value is -8.15. The van der Waals surface area contributed by atoms with E-state index in [1.165, 1.54) is 13.4 Å². The van der Waals surface area contributed by atoms with E-state index in [2.05, 4.69) is 27.2 Å². The van der Waals surface area contributed by atoms with Gasteiger partial charge in [-0.3, -0.25) is 4.79 Å². The molecule has 24 heteroatoms. The Bertz CT molecular complexity index is 2220. The number of rotatable bonds is 11. The molecule has 1 aliphatic heterocycles. The Morgan fingerprint density at radius 1 is 0.758 bits per heavy atom. The van der Waals surface area contributed by atoms with Gasteiger partial charge in [0.15, 0.2) is 5.65 Å². The number of carbonyl (C=O) groups is 7. The van der Waals surface area contributed by atoms with Crippen LogP contribution in [0.3, 0.4) is 0 Å². The van der Waals surface area contributed by atoms with Crippen molar-refractivity contribution in [3.63, 3.8) is 0 Å². The molecule has 330 valence electrons. The zero-order chi connectivity index (χ0) is 46.7. The van der Waals surface area contributed by atoms with E-state index in [1.54, 1.807) is 18.2 Å². The standard InChI is InChI=1S/C26H26F3N7O2.3C4H4O4/c1-35-11-9-18(10-12-35)36-24-21(23(30)31-14-32-24)22(34-36)16-5-8-19(20(13-16)38-2)33-25(37)15-3-6-17(7-4-15)26(27,28)29;3*5-3(6)1-2-4(7)8/h3-8,13-14,18H,9-12H2,1-2H3,(H,33,37)(H2,30,31,32);3*1-2H,(H,5,6)(H,7,8)/b;3*2-1-. The predicted molar refractivity (Wildman–Crippen MR) is 210 cm³/mol. The lowest BCUT2D eigenvalue weighted by Gasteiger charge is -2.29. The lowest BCUT2D eigenvalue weighted by atomic mass is 10.1. The number of ether oxygens (including phenoxy) is 1. The molecule has 0 aliphatic carbocycles. The van der Waals surface area contributed by atoms with Crippen LogP contribution in [0.4, 0.5) is 24.7 Å². The second-order valence-electron chi connectivity index (χ2n) is 12.3. The van der Waals surface area contributed by atoms with E-state index in [1.807, 2.05) is 4.68 Å². The summed E-state index contributed by atoms with van der Waals surface area (Å²) in [6, 6.07) is 9.29. The summed E-state index contributed by atoms with van der Waals surface area (Å²) in [6.45, 7) is 1.89. The average molecular weight is 874 g/mol. The number of halogens is 3. The van der Waals surface area contributed by atoms with Crippen LogP contribution < -0.4 is 15.8 Å². The second-order valence-corrected chi connectivity index (χ2v) is 12.3. The first-order chi connectivity index (χ1) is 29.0. The summed E-state index contributed by atoms with van der Waals surface area (Å²) in [5, 5.41) is 55.1. The van der Waals surface area contributed by atoms with Crippen LogP contribution in [-0.4, -0.2) is 124 Å². The fourth-order valence-corrected chi connectivity index (χ4v) is 5.07. The quantitative estimate of drug-likeness (QED) is 0.0994. The van der Waals surface area contributed by atoms with Gasteiger partial charge >= 0.3 is 42.0 Å². The molecule has 0 spiro atoms. The van der Waals surface area contributed by atoms with Gasteiger partial charge in [-0.05, 0) is 69.4 Å². The molecule has 1 fully saturated rings. The van der Waals surface area contributed by atoms with Gasteiger partial charge in [0.05, 0.1) is 29.8 Å². The number of hydrogen-bond donors (Lipinski definition) is 8. The van der Waals surface area contributed by atoms with Gasteiger partial charge in [-0.1, -0.05) is 6.07 Å². The summed E-state index contributed by atoms with van der Waals surface area (Å²) in [4.78, 5) is 81.0. The maximum absolute atomic E-state index is 12.8. The van der Waals surface area contributed by atoms with Gasteiger partial charge in [0.2, 0.25) is 0 Å². The Labute approximate surface area is 347 Å². The third kappa shape index (κ3) is 16.6. The van der Waals surface area contributed by atoms with E-state index in [0.717, 1.165) is 50.2 Å². The number of amides is 1. The zero-order valence-electron chi connectivity index (χ0n) is 32.4. The molecule has 0 atom stereocenters. The van der Waals surface area contributed by atoms with E-state index < -0.39 is 53.5 Å². The first kappa shape index (κ1) is 50.0. The first-order valence-electron chi connectivity index (χ1n) is 17.3. The van der Waals surface area contributed by atoms with Crippen molar-refractivity contribution in [3.05, 3.63) is 96.4 Å².